The number of aromatic nitrogens is 2. The van der Waals surface area contributed by atoms with Gasteiger partial charge in [-0.25, -0.2) is 4.98 Å². The predicted octanol–water partition coefficient (Wildman–Crippen LogP) is 3.49. The van der Waals surface area contributed by atoms with Crippen LogP contribution in [-0.4, -0.2) is 26.2 Å². The van der Waals surface area contributed by atoms with E-state index in [2.05, 4.69) is 10.3 Å². The van der Waals surface area contributed by atoms with Gasteiger partial charge in [0.05, 0.1) is 10.6 Å². The Hall–Kier alpha value is -1.34. The number of fused-ring (bicyclic) bond motifs is 1. The molecule has 132 valence electrons. The number of rotatable bonds is 4. The maximum Gasteiger partial charge on any atom is 0.263 e. The molecule has 2 aromatic rings. The van der Waals surface area contributed by atoms with Gasteiger partial charge in [-0.3, -0.25) is 14.2 Å². The molecule has 0 aliphatic rings. The molecule has 2 rings (SSSR count). The third-order valence-electron chi connectivity index (χ3n) is 3.72. The van der Waals surface area contributed by atoms with E-state index in [1.54, 1.807) is 4.57 Å². The Morgan fingerprint density at radius 1 is 1.38 bits per heavy atom. The van der Waals surface area contributed by atoms with E-state index >= 15 is 0 Å². The second-order valence-electron chi connectivity index (χ2n) is 6.91. The van der Waals surface area contributed by atoms with Gasteiger partial charge in [0, 0.05) is 17.0 Å². The van der Waals surface area contributed by atoms with Gasteiger partial charge in [-0.1, -0.05) is 11.8 Å². The fourth-order valence-electron chi connectivity index (χ4n) is 2.36. The maximum absolute atomic E-state index is 12.8. The Balaban J connectivity index is 2.42. The van der Waals surface area contributed by atoms with Crippen molar-refractivity contribution >= 4 is 39.2 Å². The van der Waals surface area contributed by atoms with Gasteiger partial charge in [-0.15, -0.1) is 11.3 Å². The minimum atomic E-state index is -0.325. The van der Waals surface area contributed by atoms with Crippen LogP contribution in [0.4, 0.5) is 0 Å². The zero-order chi connectivity index (χ0) is 18.2. The van der Waals surface area contributed by atoms with Crippen molar-refractivity contribution in [3.8, 4) is 0 Å². The molecule has 0 saturated heterocycles. The van der Waals surface area contributed by atoms with E-state index < -0.39 is 0 Å². The van der Waals surface area contributed by atoms with Gasteiger partial charge in [-0.05, 0) is 54.0 Å². The van der Waals surface area contributed by atoms with Gasteiger partial charge in [-0.2, -0.15) is 0 Å². The SMILES string of the molecule is CCn1c(SC(C)C(=O)NC(C)(C)C)nc2sc(C)c(C)c2c1=O. The average Bonchev–Trinajstić information content (AvgIpc) is 2.72. The fourth-order valence-corrected chi connectivity index (χ4v) is 4.40. The third-order valence-corrected chi connectivity index (χ3v) is 5.91. The van der Waals surface area contributed by atoms with Crippen molar-refractivity contribution in [3.05, 3.63) is 20.8 Å². The van der Waals surface area contributed by atoms with Crippen molar-refractivity contribution in [2.24, 2.45) is 0 Å². The van der Waals surface area contributed by atoms with E-state index in [4.69, 9.17) is 0 Å². The number of hydrogen-bond acceptors (Lipinski definition) is 5. The van der Waals surface area contributed by atoms with Crippen LogP contribution < -0.4 is 10.9 Å². The molecule has 1 atom stereocenters. The molecule has 2 aromatic heterocycles. The Kier molecular flexibility index (Phi) is 5.44. The largest absolute Gasteiger partial charge is 0.351 e. The molecule has 0 bridgehead atoms. The van der Waals surface area contributed by atoms with E-state index in [0.717, 1.165) is 15.3 Å². The van der Waals surface area contributed by atoms with E-state index in [-0.39, 0.29) is 22.3 Å². The second kappa shape index (κ2) is 6.88. The monoisotopic (exact) mass is 367 g/mol. The first kappa shape index (κ1) is 19.0. The van der Waals surface area contributed by atoms with E-state index in [1.165, 1.54) is 23.1 Å². The quantitative estimate of drug-likeness (QED) is 0.664. The first-order chi connectivity index (χ1) is 11.0. The summed E-state index contributed by atoms with van der Waals surface area (Å²) in [6, 6.07) is 0. The van der Waals surface area contributed by atoms with Crippen molar-refractivity contribution in [1.29, 1.82) is 0 Å². The normalized spacial score (nSPS) is 13.3. The highest BCUT2D eigenvalue weighted by Crippen LogP contribution is 2.29. The van der Waals surface area contributed by atoms with Crippen LogP contribution in [0.15, 0.2) is 9.95 Å². The maximum atomic E-state index is 12.8. The number of hydrogen-bond donors (Lipinski definition) is 1. The number of amides is 1. The van der Waals surface area contributed by atoms with Crippen molar-refractivity contribution < 1.29 is 4.79 Å². The van der Waals surface area contributed by atoms with E-state index in [1.807, 2.05) is 48.5 Å². The summed E-state index contributed by atoms with van der Waals surface area (Å²) in [6.07, 6.45) is 0. The summed E-state index contributed by atoms with van der Waals surface area (Å²) >= 11 is 2.87. The lowest BCUT2D eigenvalue weighted by atomic mass is 10.1. The molecule has 5 nitrogen and oxygen atoms in total. The van der Waals surface area contributed by atoms with Crippen LogP contribution in [0.2, 0.25) is 0 Å². The number of nitrogens with one attached hydrogen (secondary N) is 1. The molecule has 7 heteroatoms. The van der Waals surface area contributed by atoms with Crippen LogP contribution in [0.1, 0.15) is 45.1 Å². The van der Waals surface area contributed by atoms with Crippen LogP contribution in [0, 0.1) is 13.8 Å². The number of thioether (sulfide) groups is 1. The van der Waals surface area contributed by atoms with Gasteiger partial charge < -0.3 is 5.32 Å². The molecule has 1 amide bonds. The molecule has 1 unspecified atom stereocenters. The summed E-state index contributed by atoms with van der Waals surface area (Å²) in [5, 5.41) is 3.95. The molecule has 0 radical (unpaired) electrons. The van der Waals surface area contributed by atoms with Crippen LogP contribution in [0.25, 0.3) is 10.2 Å². The molecular formula is C17H25N3O2S2. The summed E-state index contributed by atoms with van der Waals surface area (Å²) < 4.78 is 1.66. The molecule has 0 spiro atoms. The number of thiophene rings is 1. The molecule has 0 fully saturated rings. The predicted molar refractivity (Wildman–Crippen MR) is 102 cm³/mol. The minimum Gasteiger partial charge on any atom is -0.351 e. The van der Waals surface area contributed by atoms with E-state index in [9.17, 15) is 9.59 Å². The summed E-state index contributed by atoms with van der Waals surface area (Å²) in [4.78, 5) is 31.7. The molecule has 0 aliphatic carbocycles. The Morgan fingerprint density at radius 3 is 2.54 bits per heavy atom. The van der Waals surface area contributed by atoms with Crippen molar-refractivity contribution in [2.75, 3.05) is 0 Å². The second-order valence-corrected chi connectivity index (χ2v) is 9.42. The molecule has 24 heavy (non-hydrogen) atoms. The summed E-state index contributed by atoms with van der Waals surface area (Å²) in [7, 11) is 0. The highest BCUT2D eigenvalue weighted by Gasteiger charge is 2.23. The van der Waals surface area contributed by atoms with Gasteiger partial charge in [0.25, 0.3) is 5.56 Å². The van der Waals surface area contributed by atoms with Gasteiger partial charge in [0.15, 0.2) is 5.16 Å². The topological polar surface area (TPSA) is 64.0 Å². The lowest BCUT2D eigenvalue weighted by Crippen LogP contribution is -2.44. The number of carbonyl (C=O) groups is 1. The molecule has 0 aliphatic heterocycles. The number of aryl methyl sites for hydroxylation is 2. The van der Waals surface area contributed by atoms with Crippen molar-refractivity contribution in [2.45, 2.75) is 71.0 Å². The highest BCUT2D eigenvalue weighted by molar-refractivity contribution is 8.00. The third kappa shape index (κ3) is 3.83. The Bertz CT molecular complexity index is 831. The summed E-state index contributed by atoms with van der Waals surface area (Å²) in [5.41, 5.74) is 0.704. The zero-order valence-corrected chi connectivity index (χ0v) is 16.9. The smallest absolute Gasteiger partial charge is 0.263 e. The van der Waals surface area contributed by atoms with Crippen LogP contribution in [0.5, 0.6) is 0 Å². The van der Waals surface area contributed by atoms with Gasteiger partial charge >= 0.3 is 0 Å². The average molecular weight is 368 g/mol. The van der Waals surface area contributed by atoms with E-state index in [0.29, 0.717) is 17.1 Å². The number of carbonyl (C=O) groups excluding carboxylic acids is 1. The van der Waals surface area contributed by atoms with Crippen LogP contribution >= 0.6 is 23.1 Å². The highest BCUT2D eigenvalue weighted by atomic mass is 32.2. The standard InChI is InChI=1S/C17H25N3O2S2/c1-8-20-15(22)12-9(2)10(3)23-14(12)18-16(20)24-11(4)13(21)19-17(5,6)7/h11H,8H2,1-7H3,(H,19,21). The fraction of sp³-hybridized carbons (Fsp3) is 0.588. The Labute approximate surface area is 150 Å². The zero-order valence-electron chi connectivity index (χ0n) is 15.3. The first-order valence-corrected chi connectivity index (χ1v) is 9.74. The first-order valence-electron chi connectivity index (χ1n) is 8.04. The molecular weight excluding hydrogens is 342 g/mol. The van der Waals surface area contributed by atoms with Crippen LogP contribution in [0.3, 0.4) is 0 Å². The summed E-state index contributed by atoms with van der Waals surface area (Å²) in [5.74, 6) is -0.0527. The van der Waals surface area contributed by atoms with Crippen molar-refractivity contribution in [1.82, 2.24) is 14.9 Å². The lowest BCUT2D eigenvalue weighted by molar-refractivity contribution is -0.121. The Morgan fingerprint density at radius 2 is 2.00 bits per heavy atom. The number of nitrogens with zero attached hydrogens (tertiary/aromatic N) is 2. The van der Waals surface area contributed by atoms with Crippen molar-refractivity contribution in [3.63, 3.8) is 0 Å². The molecule has 0 saturated carbocycles. The van der Waals surface area contributed by atoms with Gasteiger partial charge in [0.1, 0.15) is 4.83 Å². The summed E-state index contributed by atoms with van der Waals surface area (Å²) in [6.45, 7) is 14.1. The molecule has 0 aromatic carbocycles. The van der Waals surface area contributed by atoms with Crippen LogP contribution in [-0.2, 0) is 11.3 Å². The van der Waals surface area contributed by atoms with Gasteiger partial charge in [0.2, 0.25) is 5.91 Å². The lowest BCUT2D eigenvalue weighted by Gasteiger charge is -2.23. The minimum absolute atomic E-state index is 0.0183. The molecule has 1 N–H and O–H groups in total. The molecule has 2 heterocycles.